The lowest BCUT2D eigenvalue weighted by Gasteiger charge is -2.37. The summed E-state index contributed by atoms with van der Waals surface area (Å²) in [6, 6.07) is 10.0. The van der Waals surface area contributed by atoms with Crippen molar-refractivity contribution in [2.75, 3.05) is 52.4 Å². The number of hydrogen-bond donors (Lipinski definition) is 0. The van der Waals surface area contributed by atoms with Crippen LogP contribution in [0.3, 0.4) is 0 Å². The highest BCUT2D eigenvalue weighted by Crippen LogP contribution is 2.22. The van der Waals surface area contributed by atoms with Gasteiger partial charge in [0, 0.05) is 39.3 Å². The van der Waals surface area contributed by atoms with Gasteiger partial charge < -0.3 is 14.5 Å². The molecule has 29 heavy (non-hydrogen) atoms. The maximum Gasteiger partial charge on any atom is 0.264 e. The Morgan fingerprint density at radius 1 is 1.03 bits per heavy atom. The third-order valence-electron chi connectivity index (χ3n) is 5.40. The standard InChI is InChI=1S/C21H24FN3O3S/c22-17-5-3-16(4-6-17)18-14-23(11-12-28-18)15-20(26)24-7-9-25(10-8-24)21(27)19-2-1-13-29-19/h1-6,13,18H,7-12,14-15H2. The minimum absolute atomic E-state index is 0.0439. The van der Waals surface area contributed by atoms with E-state index in [-0.39, 0.29) is 23.7 Å². The third-order valence-corrected chi connectivity index (χ3v) is 6.26. The molecule has 154 valence electrons. The van der Waals surface area contributed by atoms with Crippen LogP contribution < -0.4 is 0 Å². The van der Waals surface area contributed by atoms with Crippen LogP contribution in [0.25, 0.3) is 0 Å². The number of carbonyl (C=O) groups is 2. The topological polar surface area (TPSA) is 53.1 Å². The van der Waals surface area contributed by atoms with Gasteiger partial charge in [0.2, 0.25) is 5.91 Å². The van der Waals surface area contributed by atoms with Crippen LogP contribution in [0.2, 0.25) is 0 Å². The van der Waals surface area contributed by atoms with Gasteiger partial charge in [-0.25, -0.2) is 4.39 Å². The average molecular weight is 418 g/mol. The van der Waals surface area contributed by atoms with Crippen LogP contribution >= 0.6 is 11.3 Å². The van der Waals surface area contributed by atoms with Crippen molar-refractivity contribution in [2.45, 2.75) is 6.10 Å². The quantitative estimate of drug-likeness (QED) is 0.766. The lowest BCUT2D eigenvalue weighted by atomic mass is 10.1. The zero-order valence-corrected chi connectivity index (χ0v) is 16.9. The maximum atomic E-state index is 13.1. The van der Waals surface area contributed by atoms with Gasteiger partial charge in [0.15, 0.2) is 0 Å². The second kappa shape index (κ2) is 9.02. The van der Waals surface area contributed by atoms with E-state index >= 15 is 0 Å². The van der Waals surface area contributed by atoms with Gasteiger partial charge in [-0.15, -0.1) is 11.3 Å². The molecule has 4 rings (SSSR count). The largest absolute Gasteiger partial charge is 0.371 e. The van der Waals surface area contributed by atoms with E-state index < -0.39 is 0 Å². The van der Waals surface area contributed by atoms with E-state index in [2.05, 4.69) is 4.90 Å². The molecule has 2 aliphatic rings. The summed E-state index contributed by atoms with van der Waals surface area (Å²) in [5.74, 6) is -0.149. The van der Waals surface area contributed by atoms with E-state index in [1.807, 2.05) is 27.3 Å². The summed E-state index contributed by atoms with van der Waals surface area (Å²) in [4.78, 5) is 31.7. The van der Waals surface area contributed by atoms with Crippen molar-refractivity contribution < 1.29 is 18.7 Å². The second-order valence-electron chi connectivity index (χ2n) is 7.30. The van der Waals surface area contributed by atoms with Gasteiger partial charge in [-0.2, -0.15) is 0 Å². The highest BCUT2D eigenvalue weighted by atomic mass is 32.1. The first kappa shape index (κ1) is 20.0. The average Bonchev–Trinajstić information content (AvgIpc) is 3.29. The number of piperazine rings is 1. The van der Waals surface area contributed by atoms with Gasteiger partial charge in [0.05, 0.1) is 24.1 Å². The van der Waals surface area contributed by atoms with Gasteiger partial charge in [0.25, 0.3) is 5.91 Å². The summed E-state index contributed by atoms with van der Waals surface area (Å²) in [6.45, 7) is 4.41. The number of thiophene rings is 1. The van der Waals surface area contributed by atoms with E-state index in [1.165, 1.54) is 23.5 Å². The fourth-order valence-corrected chi connectivity index (χ4v) is 4.42. The Kier molecular flexibility index (Phi) is 6.22. The van der Waals surface area contributed by atoms with Crippen molar-refractivity contribution in [3.05, 3.63) is 58.0 Å². The molecule has 1 aromatic heterocycles. The Labute approximate surface area is 173 Å². The van der Waals surface area contributed by atoms with E-state index in [0.29, 0.717) is 52.4 Å². The second-order valence-corrected chi connectivity index (χ2v) is 8.24. The Hall–Kier alpha value is -2.29. The first-order valence-corrected chi connectivity index (χ1v) is 10.7. The SMILES string of the molecule is O=C(CN1CCOC(c2ccc(F)cc2)C1)N1CCN(C(=O)c2cccs2)CC1. The number of amides is 2. The van der Waals surface area contributed by atoms with Crippen molar-refractivity contribution in [2.24, 2.45) is 0 Å². The Balaban J connectivity index is 1.27. The van der Waals surface area contributed by atoms with Gasteiger partial charge in [0.1, 0.15) is 5.82 Å². The van der Waals surface area contributed by atoms with Crippen LogP contribution in [-0.4, -0.2) is 78.9 Å². The molecule has 2 aromatic rings. The van der Waals surface area contributed by atoms with Crippen LogP contribution in [0.5, 0.6) is 0 Å². The minimum Gasteiger partial charge on any atom is -0.371 e. The van der Waals surface area contributed by atoms with Gasteiger partial charge in [-0.3, -0.25) is 14.5 Å². The van der Waals surface area contributed by atoms with Crippen LogP contribution in [0.1, 0.15) is 21.3 Å². The predicted molar refractivity (Wildman–Crippen MR) is 108 cm³/mol. The summed E-state index contributed by atoms with van der Waals surface area (Å²) < 4.78 is 18.9. The number of rotatable bonds is 4. The summed E-state index contributed by atoms with van der Waals surface area (Å²) in [5.41, 5.74) is 0.921. The number of carbonyl (C=O) groups excluding carboxylic acids is 2. The van der Waals surface area contributed by atoms with E-state index in [1.54, 1.807) is 12.1 Å². The molecule has 0 radical (unpaired) electrons. The van der Waals surface area contributed by atoms with Crippen LogP contribution in [-0.2, 0) is 9.53 Å². The molecular weight excluding hydrogens is 393 g/mol. The van der Waals surface area contributed by atoms with Gasteiger partial charge >= 0.3 is 0 Å². The normalized spacial score (nSPS) is 20.7. The lowest BCUT2D eigenvalue weighted by Crippen LogP contribution is -2.53. The maximum absolute atomic E-state index is 13.1. The Morgan fingerprint density at radius 3 is 2.45 bits per heavy atom. The third kappa shape index (κ3) is 4.83. The number of nitrogens with zero attached hydrogens (tertiary/aromatic N) is 3. The Bertz CT molecular complexity index is 835. The molecule has 3 heterocycles. The van der Waals surface area contributed by atoms with E-state index in [4.69, 9.17) is 4.74 Å². The number of morpholine rings is 1. The zero-order valence-electron chi connectivity index (χ0n) is 16.1. The molecule has 1 unspecified atom stereocenters. The molecule has 0 spiro atoms. The fraction of sp³-hybridized carbons (Fsp3) is 0.429. The molecule has 2 aliphatic heterocycles. The molecule has 1 atom stereocenters. The monoisotopic (exact) mass is 417 g/mol. The van der Waals surface area contributed by atoms with Crippen LogP contribution in [0.4, 0.5) is 4.39 Å². The van der Waals surface area contributed by atoms with Crippen molar-refractivity contribution in [1.29, 1.82) is 0 Å². The molecular formula is C21H24FN3O3S. The fourth-order valence-electron chi connectivity index (χ4n) is 3.73. The molecule has 2 saturated heterocycles. The first-order valence-electron chi connectivity index (χ1n) is 9.80. The van der Waals surface area contributed by atoms with Crippen molar-refractivity contribution >= 4 is 23.2 Å². The summed E-state index contributed by atoms with van der Waals surface area (Å²) in [7, 11) is 0. The number of benzene rings is 1. The molecule has 0 N–H and O–H groups in total. The molecule has 6 nitrogen and oxygen atoms in total. The first-order chi connectivity index (χ1) is 14.1. The summed E-state index contributed by atoms with van der Waals surface area (Å²) >= 11 is 1.44. The predicted octanol–water partition coefficient (Wildman–Crippen LogP) is 2.25. The number of hydrogen-bond acceptors (Lipinski definition) is 5. The molecule has 8 heteroatoms. The van der Waals surface area contributed by atoms with Gasteiger partial charge in [-0.1, -0.05) is 18.2 Å². The highest BCUT2D eigenvalue weighted by molar-refractivity contribution is 7.12. The van der Waals surface area contributed by atoms with Crippen LogP contribution in [0.15, 0.2) is 41.8 Å². The molecule has 0 saturated carbocycles. The Morgan fingerprint density at radius 2 is 1.76 bits per heavy atom. The molecule has 2 amide bonds. The molecule has 0 bridgehead atoms. The molecule has 0 aliphatic carbocycles. The van der Waals surface area contributed by atoms with Crippen molar-refractivity contribution in [3.8, 4) is 0 Å². The molecule has 2 fully saturated rings. The van der Waals surface area contributed by atoms with Crippen LogP contribution in [0, 0.1) is 5.82 Å². The smallest absolute Gasteiger partial charge is 0.264 e. The van der Waals surface area contributed by atoms with Crippen molar-refractivity contribution in [3.63, 3.8) is 0 Å². The number of halogens is 1. The lowest BCUT2D eigenvalue weighted by molar-refractivity contribution is -0.136. The zero-order chi connectivity index (χ0) is 20.2. The summed E-state index contributed by atoms with van der Waals surface area (Å²) in [6.07, 6.45) is -0.155. The highest BCUT2D eigenvalue weighted by Gasteiger charge is 2.28. The van der Waals surface area contributed by atoms with E-state index in [9.17, 15) is 14.0 Å². The minimum atomic E-state index is -0.270. The molecule has 1 aromatic carbocycles. The summed E-state index contributed by atoms with van der Waals surface area (Å²) in [5, 5.41) is 1.90. The van der Waals surface area contributed by atoms with Gasteiger partial charge in [-0.05, 0) is 29.1 Å². The van der Waals surface area contributed by atoms with E-state index in [0.717, 1.165) is 10.4 Å². The number of ether oxygens (including phenoxy) is 1. The van der Waals surface area contributed by atoms with Crippen molar-refractivity contribution in [1.82, 2.24) is 14.7 Å².